The Morgan fingerprint density at radius 3 is 2.61 bits per heavy atom. The SMILES string of the molecule is CCC1(CC)CC(N2CCNC(C)(C)C2)CCO1. The fourth-order valence-corrected chi connectivity index (χ4v) is 3.55. The van der Waals surface area contributed by atoms with Crippen LogP contribution in [0, 0.1) is 0 Å². The maximum absolute atomic E-state index is 6.09. The summed E-state index contributed by atoms with van der Waals surface area (Å²) in [5, 5.41) is 3.60. The van der Waals surface area contributed by atoms with Crippen molar-refractivity contribution in [1.29, 1.82) is 0 Å². The maximum Gasteiger partial charge on any atom is 0.0692 e. The van der Waals surface area contributed by atoms with Crippen molar-refractivity contribution in [3.05, 3.63) is 0 Å². The van der Waals surface area contributed by atoms with Crippen molar-refractivity contribution in [2.45, 2.75) is 70.6 Å². The average molecular weight is 254 g/mol. The number of nitrogens with zero attached hydrogens (tertiary/aromatic N) is 1. The van der Waals surface area contributed by atoms with Crippen molar-refractivity contribution in [2.75, 3.05) is 26.2 Å². The Bertz CT molecular complexity index is 274. The van der Waals surface area contributed by atoms with E-state index in [1.54, 1.807) is 0 Å². The fraction of sp³-hybridized carbons (Fsp3) is 1.00. The molecule has 2 saturated heterocycles. The lowest BCUT2D eigenvalue weighted by Gasteiger charge is -2.48. The third-order valence-electron chi connectivity index (χ3n) is 4.87. The van der Waals surface area contributed by atoms with E-state index in [9.17, 15) is 0 Å². The summed E-state index contributed by atoms with van der Waals surface area (Å²) in [7, 11) is 0. The summed E-state index contributed by atoms with van der Waals surface area (Å²) in [6, 6.07) is 0.722. The summed E-state index contributed by atoms with van der Waals surface area (Å²) in [5.74, 6) is 0. The first-order chi connectivity index (χ1) is 8.50. The molecule has 0 amide bonds. The van der Waals surface area contributed by atoms with E-state index < -0.39 is 0 Å². The van der Waals surface area contributed by atoms with Gasteiger partial charge in [-0.1, -0.05) is 13.8 Å². The molecule has 0 radical (unpaired) electrons. The molecule has 2 heterocycles. The molecule has 1 N–H and O–H groups in total. The first kappa shape index (κ1) is 14.3. The molecule has 2 rings (SSSR count). The standard InChI is InChI=1S/C15H30N2O/c1-5-15(6-2)11-13(7-10-18-15)17-9-8-16-14(3,4)12-17/h13,16H,5-12H2,1-4H3. The van der Waals surface area contributed by atoms with E-state index in [4.69, 9.17) is 4.74 Å². The summed E-state index contributed by atoms with van der Waals surface area (Å²) in [5.41, 5.74) is 0.412. The van der Waals surface area contributed by atoms with Crippen LogP contribution in [0.5, 0.6) is 0 Å². The van der Waals surface area contributed by atoms with Crippen LogP contribution in [0.2, 0.25) is 0 Å². The van der Waals surface area contributed by atoms with E-state index in [2.05, 4.69) is 37.9 Å². The molecule has 2 aliphatic heterocycles. The molecule has 0 aromatic carbocycles. The predicted molar refractivity (Wildman–Crippen MR) is 75.9 cm³/mol. The Labute approximate surface area is 112 Å². The van der Waals surface area contributed by atoms with Crippen molar-refractivity contribution in [1.82, 2.24) is 10.2 Å². The van der Waals surface area contributed by atoms with Crippen LogP contribution in [0.1, 0.15) is 53.4 Å². The molecule has 0 bridgehead atoms. The van der Waals surface area contributed by atoms with Gasteiger partial charge in [0.2, 0.25) is 0 Å². The molecule has 1 unspecified atom stereocenters. The number of ether oxygens (including phenoxy) is 1. The summed E-state index contributed by atoms with van der Waals surface area (Å²) in [6.45, 7) is 13.6. The van der Waals surface area contributed by atoms with Crippen LogP contribution in [0.3, 0.4) is 0 Å². The third-order valence-corrected chi connectivity index (χ3v) is 4.87. The minimum absolute atomic E-state index is 0.151. The van der Waals surface area contributed by atoms with Gasteiger partial charge in [-0.15, -0.1) is 0 Å². The third kappa shape index (κ3) is 3.06. The Balaban J connectivity index is 2.00. The Morgan fingerprint density at radius 1 is 1.28 bits per heavy atom. The van der Waals surface area contributed by atoms with Crippen LogP contribution in [0.25, 0.3) is 0 Å². The van der Waals surface area contributed by atoms with Gasteiger partial charge in [0.25, 0.3) is 0 Å². The first-order valence-electron chi connectivity index (χ1n) is 7.63. The van der Waals surface area contributed by atoms with Crippen LogP contribution >= 0.6 is 0 Å². The lowest BCUT2D eigenvalue weighted by atomic mass is 9.84. The number of hydrogen-bond acceptors (Lipinski definition) is 3. The van der Waals surface area contributed by atoms with Crippen molar-refractivity contribution < 1.29 is 4.74 Å². The molecule has 106 valence electrons. The van der Waals surface area contributed by atoms with Crippen LogP contribution in [0.4, 0.5) is 0 Å². The lowest BCUT2D eigenvalue weighted by Crippen LogP contribution is -2.61. The second-order valence-electron chi connectivity index (χ2n) is 6.67. The molecule has 2 aliphatic rings. The summed E-state index contributed by atoms with van der Waals surface area (Å²) in [4.78, 5) is 2.69. The highest BCUT2D eigenvalue weighted by Crippen LogP contribution is 2.34. The van der Waals surface area contributed by atoms with Gasteiger partial charge in [-0.25, -0.2) is 0 Å². The van der Waals surface area contributed by atoms with Crippen LogP contribution in [-0.2, 0) is 4.74 Å². The van der Waals surface area contributed by atoms with Gasteiger partial charge in [0.15, 0.2) is 0 Å². The number of rotatable bonds is 3. The number of nitrogens with one attached hydrogen (secondary N) is 1. The lowest BCUT2D eigenvalue weighted by molar-refractivity contribution is -0.114. The smallest absolute Gasteiger partial charge is 0.0692 e. The highest BCUT2D eigenvalue weighted by Gasteiger charge is 2.39. The van der Waals surface area contributed by atoms with Gasteiger partial charge in [0, 0.05) is 37.8 Å². The van der Waals surface area contributed by atoms with Crippen LogP contribution < -0.4 is 5.32 Å². The number of hydrogen-bond donors (Lipinski definition) is 1. The zero-order valence-corrected chi connectivity index (χ0v) is 12.6. The molecule has 0 aromatic heterocycles. The second kappa shape index (κ2) is 5.48. The van der Waals surface area contributed by atoms with E-state index in [-0.39, 0.29) is 11.1 Å². The quantitative estimate of drug-likeness (QED) is 0.837. The fourth-order valence-electron chi connectivity index (χ4n) is 3.55. The second-order valence-corrected chi connectivity index (χ2v) is 6.67. The first-order valence-corrected chi connectivity index (χ1v) is 7.63. The van der Waals surface area contributed by atoms with Crippen LogP contribution in [-0.4, -0.2) is 48.3 Å². The predicted octanol–water partition coefficient (Wildman–Crippen LogP) is 2.41. The molecule has 0 aromatic rings. The topological polar surface area (TPSA) is 24.5 Å². The van der Waals surface area contributed by atoms with Gasteiger partial charge in [-0.3, -0.25) is 4.90 Å². The Hall–Kier alpha value is -0.120. The van der Waals surface area contributed by atoms with Gasteiger partial charge in [0.1, 0.15) is 0 Å². The molecule has 3 nitrogen and oxygen atoms in total. The van der Waals surface area contributed by atoms with Crippen molar-refractivity contribution in [2.24, 2.45) is 0 Å². The zero-order valence-electron chi connectivity index (χ0n) is 12.6. The van der Waals surface area contributed by atoms with E-state index in [0.717, 1.165) is 32.0 Å². The molecule has 0 aliphatic carbocycles. The minimum Gasteiger partial charge on any atom is -0.375 e. The molecular formula is C15H30N2O. The zero-order chi connectivity index (χ0) is 13.2. The van der Waals surface area contributed by atoms with Crippen molar-refractivity contribution in [3.63, 3.8) is 0 Å². The van der Waals surface area contributed by atoms with Crippen molar-refractivity contribution in [3.8, 4) is 0 Å². The molecule has 0 saturated carbocycles. The highest BCUT2D eigenvalue weighted by molar-refractivity contribution is 4.94. The van der Waals surface area contributed by atoms with Gasteiger partial charge in [-0.05, 0) is 39.5 Å². The van der Waals surface area contributed by atoms with Crippen LogP contribution in [0.15, 0.2) is 0 Å². The number of piperazine rings is 1. The van der Waals surface area contributed by atoms with E-state index in [1.807, 2.05) is 0 Å². The molecular weight excluding hydrogens is 224 g/mol. The van der Waals surface area contributed by atoms with Gasteiger partial charge in [0.05, 0.1) is 5.60 Å². The highest BCUT2D eigenvalue weighted by atomic mass is 16.5. The summed E-state index contributed by atoms with van der Waals surface area (Å²) >= 11 is 0. The van der Waals surface area contributed by atoms with Gasteiger partial charge >= 0.3 is 0 Å². The largest absolute Gasteiger partial charge is 0.375 e. The van der Waals surface area contributed by atoms with Gasteiger partial charge in [-0.2, -0.15) is 0 Å². The molecule has 18 heavy (non-hydrogen) atoms. The van der Waals surface area contributed by atoms with E-state index in [1.165, 1.54) is 25.9 Å². The average Bonchev–Trinajstić information content (AvgIpc) is 2.37. The molecule has 1 atom stereocenters. The normalized spacial score (nSPS) is 32.3. The molecule has 3 heteroatoms. The van der Waals surface area contributed by atoms with Gasteiger partial charge < -0.3 is 10.1 Å². The molecule has 0 spiro atoms. The minimum atomic E-state index is 0.151. The Morgan fingerprint density at radius 2 is 2.00 bits per heavy atom. The van der Waals surface area contributed by atoms with E-state index >= 15 is 0 Å². The summed E-state index contributed by atoms with van der Waals surface area (Å²) < 4.78 is 6.09. The van der Waals surface area contributed by atoms with Crippen molar-refractivity contribution >= 4 is 0 Å². The molecule has 2 fully saturated rings. The van der Waals surface area contributed by atoms with E-state index in [0.29, 0.717) is 0 Å². The summed E-state index contributed by atoms with van der Waals surface area (Å²) in [6.07, 6.45) is 4.72. The maximum atomic E-state index is 6.09. The monoisotopic (exact) mass is 254 g/mol. The Kier molecular flexibility index (Phi) is 4.35.